The minimum atomic E-state index is -0.0808. The number of anilines is 1. The van der Waals surface area contributed by atoms with Crippen LogP contribution in [0.3, 0.4) is 0 Å². The molecule has 2 aliphatic heterocycles. The van der Waals surface area contributed by atoms with Gasteiger partial charge >= 0.3 is 5.97 Å². The number of piperazine rings is 1. The Hall–Kier alpha value is -2.22. The summed E-state index contributed by atoms with van der Waals surface area (Å²) in [7, 11) is 0. The second-order valence-electron chi connectivity index (χ2n) is 6.23. The van der Waals surface area contributed by atoms with Gasteiger partial charge in [0.1, 0.15) is 18.0 Å². The van der Waals surface area contributed by atoms with Crippen molar-refractivity contribution in [1.29, 1.82) is 0 Å². The average Bonchev–Trinajstić information content (AvgIpc) is 3.10. The van der Waals surface area contributed by atoms with Gasteiger partial charge in [-0.15, -0.1) is 15.3 Å². The Morgan fingerprint density at radius 3 is 2.65 bits per heavy atom. The molecule has 2 saturated heterocycles. The maximum Gasteiger partial charge on any atom is 0.323 e. The number of hydrogen-bond acceptors (Lipinski definition) is 7. The molecule has 0 aliphatic carbocycles. The highest BCUT2D eigenvalue weighted by Crippen LogP contribution is 2.22. The number of ether oxygens (including phenoxy) is 1. The molecular formula is C15H20N6O2. The summed E-state index contributed by atoms with van der Waals surface area (Å²) >= 11 is 0. The molecular weight excluding hydrogens is 296 g/mol. The average molecular weight is 316 g/mol. The van der Waals surface area contributed by atoms with Gasteiger partial charge in [0.05, 0.1) is 0 Å². The number of carbonyl (C=O) groups is 1. The fraction of sp³-hybridized carbons (Fsp3) is 0.600. The number of fused-ring (bicyclic) bond motifs is 1. The van der Waals surface area contributed by atoms with E-state index >= 15 is 0 Å². The van der Waals surface area contributed by atoms with E-state index in [2.05, 4.69) is 25.1 Å². The Labute approximate surface area is 134 Å². The van der Waals surface area contributed by atoms with Gasteiger partial charge in [-0.05, 0) is 26.0 Å². The van der Waals surface area contributed by atoms with Gasteiger partial charge < -0.3 is 9.64 Å². The van der Waals surface area contributed by atoms with Crippen molar-refractivity contribution in [2.75, 3.05) is 31.1 Å². The predicted octanol–water partition coefficient (Wildman–Crippen LogP) is 0.259. The fourth-order valence-electron chi connectivity index (χ4n) is 3.35. The smallest absolute Gasteiger partial charge is 0.323 e. The number of hydrogen-bond donors (Lipinski definition) is 0. The number of aryl methyl sites for hydroxylation is 1. The van der Waals surface area contributed by atoms with Crippen molar-refractivity contribution in [3.8, 4) is 0 Å². The number of rotatable bonds is 2. The van der Waals surface area contributed by atoms with Crippen molar-refractivity contribution in [2.45, 2.75) is 32.4 Å². The monoisotopic (exact) mass is 316 g/mol. The minimum absolute atomic E-state index is 0.0336. The molecule has 0 spiro atoms. The van der Waals surface area contributed by atoms with E-state index in [0.717, 1.165) is 49.9 Å². The Morgan fingerprint density at radius 2 is 1.96 bits per heavy atom. The van der Waals surface area contributed by atoms with Crippen molar-refractivity contribution >= 4 is 17.4 Å². The highest BCUT2D eigenvalue weighted by atomic mass is 16.6. The first-order chi connectivity index (χ1) is 11.1. The van der Waals surface area contributed by atoms with E-state index in [1.807, 2.05) is 26.0 Å². The van der Waals surface area contributed by atoms with Crippen LogP contribution in [0.1, 0.15) is 19.2 Å². The maximum absolute atomic E-state index is 11.9. The topological polar surface area (TPSA) is 75.9 Å². The molecule has 23 heavy (non-hydrogen) atoms. The summed E-state index contributed by atoms with van der Waals surface area (Å²) in [6.45, 7) is 7.22. The van der Waals surface area contributed by atoms with Crippen LogP contribution >= 0.6 is 0 Å². The number of nitrogens with zero attached hydrogens (tertiary/aromatic N) is 6. The van der Waals surface area contributed by atoms with Gasteiger partial charge in [0, 0.05) is 32.6 Å². The Bertz CT molecular complexity index is 737. The Balaban J connectivity index is 1.46. The predicted molar refractivity (Wildman–Crippen MR) is 83.3 cm³/mol. The molecule has 2 aromatic heterocycles. The van der Waals surface area contributed by atoms with Crippen molar-refractivity contribution in [3.63, 3.8) is 0 Å². The van der Waals surface area contributed by atoms with Crippen LogP contribution in [0.2, 0.25) is 0 Å². The number of esters is 1. The second-order valence-corrected chi connectivity index (χ2v) is 6.23. The number of aromatic nitrogens is 4. The van der Waals surface area contributed by atoms with Crippen LogP contribution in [0.5, 0.6) is 0 Å². The molecule has 2 fully saturated rings. The van der Waals surface area contributed by atoms with Crippen LogP contribution < -0.4 is 4.90 Å². The van der Waals surface area contributed by atoms with Crippen LogP contribution in [0, 0.1) is 6.92 Å². The van der Waals surface area contributed by atoms with Gasteiger partial charge in [-0.2, -0.15) is 4.52 Å². The summed E-state index contributed by atoms with van der Waals surface area (Å²) in [6.07, 6.45) is 0.828. The first kappa shape index (κ1) is 14.4. The molecule has 2 atom stereocenters. The van der Waals surface area contributed by atoms with E-state index in [0.29, 0.717) is 0 Å². The molecule has 2 aromatic rings. The molecule has 0 bridgehead atoms. The first-order valence-corrected chi connectivity index (χ1v) is 8.00. The van der Waals surface area contributed by atoms with E-state index in [4.69, 9.17) is 4.74 Å². The van der Waals surface area contributed by atoms with Gasteiger partial charge in [0.15, 0.2) is 11.5 Å². The SMILES string of the molecule is Cc1nnc2ccc(N3CCN([C@@H]4C[C@H](C)OC4=O)CC3)nn12. The molecule has 122 valence electrons. The Morgan fingerprint density at radius 1 is 1.17 bits per heavy atom. The lowest BCUT2D eigenvalue weighted by Crippen LogP contribution is -2.52. The zero-order valence-electron chi connectivity index (χ0n) is 13.3. The van der Waals surface area contributed by atoms with E-state index in [1.54, 1.807) is 4.52 Å². The molecule has 2 aliphatic rings. The molecule has 4 heterocycles. The normalized spacial score (nSPS) is 26.0. The van der Waals surface area contributed by atoms with Crippen LogP contribution in [0.4, 0.5) is 5.82 Å². The van der Waals surface area contributed by atoms with Crippen LogP contribution in [0.25, 0.3) is 5.65 Å². The van der Waals surface area contributed by atoms with Crippen LogP contribution in [-0.2, 0) is 9.53 Å². The summed E-state index contributed by atoms with van der Waals surface area (Å²) in [5.74, 6) is 1.62. The van der Waals surface area contributed by atoms with E-state index in [9.17, 15) is 4.79 Å². The van der Waals surface area contributed by atoms with Crippen molar-refractivity contribution in [3.05, 3.63) is 18.0 Å². The highest BCUT2D eigenvalue weighted by Gasteiger charge is 2.37. The van der Waals surface area contributed by atoms with Crippen molar-refractivity contribution < 1.29 is 9.53 Å². The maximum atomic E-state index is 11.9. The number of cyclic esters (lactones) is 1. The number of carbonyl (C=O) groups excluding carboxylic acids is 1. The van der Waals surface area contributed by atoms with Gasteiger partial charge in [-0.1, -0.05) is 0 Å². The first-order valence-electron chi connectivity index (χ1n) is 8.00. The molecule has 8 nitrogen and oxygen atoms in total. The minimum Gasteiger partial charge on any atom is -0.461 e. The largest absolute Gasteiger partial charge is 0.461 e. The van der Waals surface area contributed by atoms with E-state index < -0.39 is 0 Å². The molecule has 0 saturated carbocycles. The van der Waals surface area contributed by atoms with Gasteiger partial charge in [0.25, 0.3) is 0 Å². The molecule has 0 aromatic carbocycles. The highest BCUT2D eigenvalue weighted by molar-refractivity contribution is 5.78. The molecule has 8 heteroatoms. The third-order valence-electron chi connectivity index (χ3n) is 4.63. The van der Waals surface area contributed by atoms with Gasteiger partial charge in [-0.3, -0.25) is 9.69 Å². The second kappa shape index (κ2) is 5.45. The molecule has 0 unspecified atom stereocenters. The molecule has 0 N–H and O–H groups in total. The summed E-state index contributed by atoms with van der Waals surface area (Å²) in [6, 6.07) is 3.83. The molecule has 0 amide bonds. The summed E-state index contributed by atoms with van der Waals surface area (Å²) < 4.78 is 7.03. The molecule has 4 rings (SSSR count). The third kappa shape index (κ3) is 2.52. The Kier molecular flexibility index (Phi) is 3.41. The zero-order chi connectivity index (χ0) is 16.0. The van der Waals surface area contributed by atoms with E-state index in [1.165, 1.54) is 0 Å². The van der Waals surface area contributed by atoms with Crippen LogP contribution in [-0.4, -0.2) is 69.0 Å². The summed E-state index contributed by atoms with van der Waals surface area (Å²) in [4.78, 5) is 16.3. The third-order valence-corrected chi connectivity index (χ3v) is 4.63. The lowest BCUT2D eigenvalue weighted by molar-refractivity contribution is -0.144. The van der Waals surface area contributed by atoms with Gasteiger partial charge in [0.2, 0.25) is 0 Å². The van der Waals surface area contributed by atoms with Crippen molar-refractivity contribution in [1.82, 2.24) is 24.7 Å². The quantitative estimate of drug-likeness (QED) is 0.736. The van der Waals surface area contributed by atoms with Gasteiger partial charge in [-0.25, -0.2) is 0 Å². The lowest BCUT2D eigenvalue weighted by atomic mass is 10.1. The molecule has 0 radical (unpaired) electrons. The zero-order valence-corrected chi connectivity index (χ0v) is 13.3. The van der Waals surface area contributed by atoms with Crippen LogP contribution in [0.15, 0.2) is 12.1 Å². The standard InChI is InChI=1S/C15H20N6O2/c1-10-9-12(15(22)23-10)19-5-7-20(8-6-19)14-4-3-13-17-16-11(2)21(13)18-14/h3-4,10,12H,5-9H2,1-2H3/t10-,12+/m0/s1. The summed E-state index contributed by atoms with van der Waals surface area (Å²) in [5.41, 5.74) is 0.757. The fourth-order valence-corrected chi connectivity index (χ4v) is 3.35. The summed E-state index contributed by atoms with van der Waals surface area (Å²) in [5, 5.41) is 12.7. The lowest BCUT2D eigenvalue weighted by Gasteiger charge is -2.37. The van der Waals surface area contributed by atoms with E-state index in [-0.39, 0.29) is 18.1 Å². The van der Waals surface area contributed by atoms with Crippen molar-refractivity contribution in [2.24, 2.45) is 0 Å².